The highest BCUT2D eigenvalue weighted by molar-refractivity contribution is 5.69. The molecule has 0 aromatic carbocycles. The maximum absolute atomic E-state index is 6.04. The summed E-state index contributed by atoms with van der Waals surface area (Å²) in [5, 5.41) is 7.77. The van der Waals surface area contributed by atoms with Gasteiger partial charge in [0.15, 0.2) is 5.65 Å². The summed E-state index contributed by atoms with van der Waals surface area (Å²) in [6, 6.07) is 2.12. The number of nitrogens with one attached hydrogen (secondary N) is 1. The van der Waals surface area contributed by atoms with Crippen molar-refractivity contribution < 1.29 is 0 Å². The predicted octanol–water partition coefficient (Wildman–Crippen LogP) is 0.948. The van der Waals surface area contributed by atoms with Crippen LogP contribution in [0.5, 0.6) is 0 Å². The number of H-pyrrole nitrogens is 1. The molecule has 0 spiro atoms. The van der Waals surface area contributed by atoms with Gasteiger partial charge in [0.05, 0.1) is 11.7 Å². The highest BCUT2D eigenvalue weighted by atomic mass is 15.1. The molecule has 3 rings (SSSR count). The van der Waals surface area contributed by atoms with Gasteiger partial charge >= 0.3 is 0 Å². The fraction of sp³-hybridized carbons (Fsp3) is 0.500. The van der Waals surface area contributed by atoms with Gasteiger partial charge in [0.25, 0.3) is 0 Å². The van der Waals surface area contributed by atoms with Crippen molar-refractivity contribution in [2.75, 3.05) is 0 Å². The van der Waals surface area contributed by atoms with Crippen LogP contribution in [0.25, 0.3) is 11.2 Å². The molecule has 0 aliphatic heterocycles. The molecule has 2 aromatic heterocycles. The van der Waals surface area contributed by atoms with Crippen molar-refractivity contribution in [3.05, 3.63) is 18.1 Å². The highest BCUT2D eigenvalue weighted by Crippen LogP contribution is 2.32. The summed E-state index contributed by atoms with van der Waals surface area (Å²) < 4.78 is 0. The first kappa shape index (κ1) is 8.79. The van der Waals surface area contributed by atoms with Gasteiger partial charge in [-0.3, -0.25) is 0 Å². The van der Waals surface area contributed by atoms with Crippen LogP contribution in [-0.4, -0.2) is 26.2 Å². The lowest BCUT2D eigenvalue weighted by atomic mass is 10.0. The van der Waals surface area contributed by atoms with E-state index in [0.29, 0.717) is 11.6 Å². The molecule has 5 heteroatoms. The topological polar surface area (TPSA) is 80.5 Å². The monoisotopic (exact) mass is 203 g/mol. The minimum Gasteiger partial charge on any atom is -0.340 e. The van der Waals surface area contributed by atoms with Crippen molar-refractivity contribution in [3.63, 3.8) is 0 Å². The molecule has 3 N–H and O–H groups in total. The number of imidazole rings is 1. The van der Waals surface area contributed by atoms with Gasteiger partial charge in [-0.25, -0.2) is 4.98 Å². The fourth-order valence-corrected chi connectivity index (χ4v) is 2.29. The molecule has 78 valence electrons. The Hall–Kier alpha value is -1.49. The SMILES string of the molecule is NC1CCCC1c1nc2nnccc2[nH]1. The standard InChI is InChI=1S/C10H13N5/c11-7-3-1-2-6(7)9-13-8-4-5-12-15-10(8)14-9/h4-7H,1-3,11H2,(H,13,14,15). The van der Waals surface area contributed by atoms with Crippen molar-refractivity contribution in [1.29, 1.82) is 0 Å². The lowest BCUT2D eigenvalue weighted by Crippen LogP contribution is -2.23. The molecule has 2 aromatic rings. The van der Waals surface area contributed by atoms with E-state index in [9.17, 15) is 0 Å². The third kappa shape index (κ3) is 1.39. The second-order valence-electron chi connectivity index (χ2n) is 4.09. The zero-order valence-electron chi connectivity index (χ0n) is 8.35. The number of hydrogen-bond acceptors (Lipinski definition) is 4. The average molecular weight is 203 g/mol. The van der Waals surface area contributed by atoms with Crippen molar-refractivity contribution in [2.45, 2.75) is 31.2 Å². The van der Waals surface area contributed by atoms with E-state index in [2.05, 4.69) is 20.2 Å². The summed E-state index contributed by atoms with van der Waals surface area (Å²) in [4.78, 5) is 7.71. The van der Waals surface area contributed by atoms with E-state index in [0.717, 1.165) is 24.2 Å². The Morgan fingerprint density at radius 1 is 1.40 bits per heavy atom. The van der Waals surface area contributed by atoms with E-state index in [-0.39, 0.29) is 6.04 Å². The van der Waals surface area contributed by atoms with Gasteiger partial charge in [0, 0.05) is 12.0 Å². The third-order valence-corrected chi connectivity index (χ3v) is 3.11. The fourth-order valence-electron chi connectivity index (χ4n) is 2.29. The maximum atomic E-state index is 6.04. The molecule has 0 radical (unpaired) electrons. The van der Waals surface area contributed by atoms with Crippen LogP contribution >= 0.6 is 0 Å². The third-order valence-electron chi connectivity index (χ3n) is 3.11. The molecule has 0 saturated heterocycles. The molecule has 1 saturated carbocycles. The minimum atomic E-state index is 0.235. The molecular weight excluding hydrogens is 190 g/mol. The van der Waals surface area contributed by atoms with Crippen molar-refractivity contribution >= 4 is 11.2 Å². The van der Waals surface area contributed by atoms with Crippen LogP contribution in [0.4, 0.5) is 0 Å². The highest BCUT2D eigenvalue weighted by Gasteiger charge is 2.28. The number of nitrogens with zero attached hydrogens (tertiary/aromatic N) is 3. The summed E-state index contributed by atoms with van der Waals surface area (Å²) in [6.07, 6.45) is 5.06. The largest absolute Gasteiger partial charge is 0.340 e. The number of aromatic nitrogens is 4. The lowest BCUT2D eigenvalue weighted by molar-refractivity contribution is 0.588. The van der Waals surface area contributed by atoms with Crippen LogP contribution in [0.15, 0.2) is 12.3 Å². The first-order valence-corrected chi connectivity index (χ1v) is 5.27. The van der Waals surface area contributed by atoms with Crippen LogP contribution in [0.1, 0.15) is 31.0 Å². The zero-order chi connectivity index (χ0) is 10.3. The van der Waals surface area contributed by atoms with E-state index < -0.39 is 0 Å². The van der Waals surface area contributed by atoms with Crippen molar-refractivity contribution in [2.24, 2.45) is 5.73 Å². The number of fused-ring (bicyclic) bond motifs is 1. The van der Waals surface area contributed by atoms with Gasteiger partial charge in [0.2, 0.25) is 0 Å². The van der Waals surface area contributed by atoms with E-state index in [1.165, 1.54) is 6.42 Å². The molecule has 15 heavy (non-hydrogen) atoms. The molecule has 1 aliphatic carbocycles. The quantitative estimate of drug-likeness (QED) is 0.723. The Bertz CT molecular complexity index is 444. The van der Waals surface area contributed by atoms with Gasteiger partial charge in [0.1, 0.15) is 5.82 Å². The Morgan fingerprint density at radius 3 is 3.07 bits per heavy atom. The first-order chi connectivity index (χ1) is 7.34. The number of nitrogens with two attached hydrogens (primary N) is 1. The van der Waals surface area contributed by atoms with Crippen LogP contribution in [0.2, 0.25) is 0 Å². The number of rotatable bonds is 1. The minimum absolute atomic E-state index is 0.235. The molecule has 1 fully saturated rings. The molecule has 2 heterocycles. The van der Waals surface area contributed by atoms with Crippen LogP contribution in [-0.2, 0) is 0 Å². The molecule has 1 aliphatic rings. The van der Waals surface area contributed by atoms with Gasteiger partial charge < -0.3 is 10.7 Å². The van der Waals surface area contributed by atoms with Crippen LogP contribution in [0, 0.1) is 0 Å². The second-order valence-corrected chi connectivity index (χ2v) is 4.09. The van der Waals surface area contributed by atoms with Gasteiger partial charge in [-0.1, -0.05) is 6.42 Å². The van der Waals surface area contributed by atoms with E-state index in [1.807, 2.05) is 6.07 Å². The predicted molar refractivity (Wildman–Crippen MR) is 56.3 cm³/mol. The van der Waals surface area contributed by atoms with Gasteiger partial charge in [-0.05, 0) is 18.9 Å². The number of hydrogen-bond donors (Lipinski definition) is 2. The normalized spacial score (nSPS) is 26.2. The summed E-state index contributed by atoms with van der Waals surface area (Å²) in [5.41, 5.74) is 7.67. The van der Waals surface area contributed by atoms with Crippen LogP contribution in [0.3, 0.4) is 0 Å². The Labute approximate surface area is 87.1 Å². The Kier molecular flexibility index (Phi) is 1.92. The lowest BCUT2D eigenvalue weighted by Gasteiger charge is -2.11. The summed E-state index contributed by atoms with van der Waals surface area (Å²) in [5.74, 6) is 1.33. The average Bonchev–Trinajstić information content (AvgIpc) is 2.82. The van der Waals surface area contributed by atoms with E-state index in [4.69, 9.17) is 5.73 Å². The summed E-state index contributed by atoms with van der Waals surface area (Å²) in [6.45, 7) is 0. The molecule has 0 amide bonds. The summed E-state index contributed by atoms with van der Waals surface area (Å²) >= 11 is 0. The molecular formula is C10H13N5. The first-order valence-electron chi connectivity index (χ1n) is 5.27. The van der Waals surface area contributed by atoms with Crippen molar-refractivity contribution in [1.82, 2.24) is 20.2 Å². The van der Waals surface area contributed by atoms with Crippen LogP contribution < -0.4 is 5.73 Å². The smallest absolute Gasteiger partial charge is 0.199 e. The van der Waals surface area contributed by atoms with Gasteiger partial charge in [-0.2, -0.15) is 5.10 Å². The molecule has 2 atom stereocenters. The Morgan fingerprint density at radius 2 is 2.33 bits per heavy atom. The van der Waals surface area contributed by atoms with Crippen molar-refractivity contribution in [3.8, 4) is 0 Å². The van der Waals surface area contributed by atoms with E-state index in [1.54, 1.807) is 6.20 Å². The maximum Gasteiger partial charge on any atom is 0.199 e. The van der Waals surface area contributed by atoms with Gasteiger partial charge in [-0.15, -0.1) is 5.10 Å². The zero-order valence-corrected chi connectivity index (χ0v) is 8.35. The molecule has 5 nitrogen and oxygen atoms in total. The summed E-state index contributed by atoms with van der Waals surface area (Å²) in [7, 11) is 0. The molecule has 0 bridgehead atoms. The molecule has 2 unspecified atom stereocenters. The van der Waals surface area contributed by atoms with E-state index >= 15 is 0 Å². The Balaban J connectivity index is 2.04. The number of aromatic amines is 1. The second kappa shape index (κ2) is 3.27.